The number of anilines is 3. The molecule has 5 aromatic carbocycles. The molecule has 0 spiro atoms. The number of benzene rings is 5. The fraction of sp³-hybridized carbons (Fsp3) is 0. The Kier molecular flexibility index (Phi) is 4.76. The first kappa shape index (κ1) is 19.2. The molecular formula is C32H21N. The highest BCUT2D eigenvalue weighted by atomic mass is 15.1. The largest absolute Gasteiger partial charge is 0.310 e. The Bertz CT molecular complexity index is 1610. The Balaban J connectivity index is 1.57. The lowest BCUT2D eigenvalue weighted by Gasteiger charge is -2.27. The molecule has 0 aromatic heterocycles. The van der Waals surface area contributed by atoms with Crippen LogP contribution in [0.4, 0.5) is 17.1 Å². The van der Waals surface area contributed by atoms with Gasteiger partial charge in [-0.05, 0) is 75.9 Å². The molecule has 0 N–H and O–H groups in total. The van der Waals surface area contributed by atoms with E-state index in [2.05, 4.69) is 132 Å². The van der Waals surface area contributed by atoms with E-state index in [1.165, 1.54) is 32.8 Å². The molecule has 0 aliphatic heterocycles. The maximum absolute atomic E-state index is 3.05. The van der Waals surface area contributed by atoms with Gasteiger partial charge < -0.3 is 4.90 Å². The molecule has 1 nitrogen and oxygen atoms in total. The first-order valence-corrected chi connectivity index (χ1v) is 11.1. The van der Waals surface area contributed by atoms with Crippen molar-refractivity contribution in [3.63, 3.8) is 0 Å². The van der Waals surface area contributed by atoms with Crippen LogP contribution in [0, 0.1) is 0 Å². The molecule has 5 aromatic rings. The van der Waals surface area contributed by atoms with Crippen molar-refractivity contribution < 1.29 is 0 Å². The number of hydrogen-bond donors (Lipinski definition) is 0. The maximum atomic E-state index is 3.05. The van der Waals surface area contributed by atoms with E-state index in [1.54, 1.807) is 0 Å². The van der Waals surface area contributed by atoms with E-state index in [-0.39, 0.29) is 0 Å². The summed E-state index contributed by atoms with van der Waals surface area (Å²) in [5.41, 5.74) is 11.8. The van der Waals surface area contributed by atoms with Crippen LogP contribution in [0.5, 0.6) is 0 Å². The third-order valence-electron chi connectivity index (χ3n) is 6.12. The second-order valence-electron chi connectivity index (χ2n) is 8.10. The monoisotopic (exact) mass is 419 g/mol. The van der Waals surface area contributed by atoms with Crippen molar-refractivity contribution in [3.8, 4) is 0 Å². The van der Waals surface area contributed by atoms with Crippen molar-refractivity contribution in [1.29, 1.82) is 0 Å². The molecule has 1 aliphatic rings. The normalized spacial score (nSPS) is 12.3. The van der Waals surface area contributed by atoms with Crippen molar-refractivity contribution in [2.45, 2.75) is 0 Å². The zero-order chi connectivity index (χ0) is 22.0. The van der Waals surface area contributed by atoms with Crippen molar-refractivity contribution in [2.24, 2.45) is 0 Å². The summed E-state index contributed by atoms with van der Waals surface area (Å²) in [7, 11) is 0. The van der Waals surface area contributed by atoms with Crippen LogP contribution in [0.2, 0.25) is 0 Å². The summed E-state index contributed by atoms with van der Waals surface area (Å²) in [5.74, 6) is 0. The van der Waals surface area contributed by atoms with Gasteiger partial charge >= 0.3 is 0 Å². The molecule has 1 aliphatic carbocycles. The molecule has 0 bridgehead atoms. The molecule has 154 valence electrons. The van der Waals surface area contributed by atoms with Crippen LogP contribution in [-0.4, -0.2) is 0 Å². The van der Waals surface area contributed by atoms with Crippen LogP contribution < -0.4 is 4.90 Å². The Morgan fingerprint density at radius 1 is 0.545 bits per heavy atom. The average Bonchev–Trinajstić information content (AvgIpc) is 2.90. The van der Waals surface area contributed by atoms with Gasteiger partial charge in [0.1, 0.15) is 0 Å². The van der Waals surface area contributed by atoms with Crippen LogP contribution in [0.15, 0.2) is 139 Å². The zero-order valence-electron chi connectivity index (χ0n) is 18.1. The second-order valence-corrected chi connectivity index (χ2v) is 8.10. The van der Waals surface area contributed by atoms with E-state index in [0.717, 1.165) is 16.9 Å². The molecular weight excluding hydrogens is 398 g/mol. The van der Waals surface area contributed by atoms with Crippen LogP contribution in [0.3, 0.4) is 0 Å². The number of nitrogens with zero attached hydrogens (tertiary/aromatic N) is 1. The smallest absolute Gasteiger partial charge is 0.0546 e. The van der Waals surface area contributed by atoms with Gasteiger partial charge in [-0.2, -0.15) is 0 Å². The van der Waals surface area contributed by atoms with Gasteiger partial charge in [0.25, 0.3) is 0 Å². The molecule has 0 atom stereocenters. The third-order valence-corrected chi connectivity index (χ3v) is 6.12. The van der Waals surface area contributed by atoms with Crippen LogP contribution >= 0.6 is 0 Å². The number of allylic oxidation sites excluding steroid dienone is 4. The molecule has 0 radical (unpaired) electrons. The minimum atomic E-state index is 1.12. The molecule has 0 heterocycles. The van der Waals surface area contributed by atoms with Gasteiger partial charge in [-0.25, -0.2) is 0 Å². The van der Waals surface area contributed by atoms with Crippen LogP contribution in [0.25, 0.3) is 27.1 Å². The standard InChI is InChI=1S/C32H21N/c1-3-11-24(12-4-1)25-19-21-28(22-20-25)33(27-14-5-2-6-15-27)32-23-26-13-7-8-16-29(26)30-17-9-10-18-31(30)32/h2-3,5-23H. The fourth-order valence-electron chi connectivity index (χ4n) is 4.55. The van der Waals surface area contributed by atoms with Gasteiger partial charge in [0.15, 0.2) is 0 Å². The Morgan fingerprint density at radius 2 is 1.21 bits per heavy atom. The van der Waals surface area contributed by atoms with Crippen molar-refractivity contribution in [1.82, 2.24) is 0 Å². The Labute approximate surface area is 193 Å². The average molecular weight is 420 g/mol. The lowest BCUT2D eigenvalue weighted by atomic mass is 9.98. The number of hydrogen-bond acceptors (Lipinski definition) is 1. The summed E-state index contributed by atoms with van der Waals surface area (Å²) in [4.78, 5) is 2.35. The Morgan fingerprint density at radius 3 is 1.97 bits per heavy atom. The van der Waals surface area contributed by atoms with E-state index >= 15 is 0 Å². The third kappa shape index (κ3) is 3.49. The van der Waals surface area contributed by atoms with Crippen molar-refractivity contribution in [3.05, 3.63) is 144 Å². The highest BCUT2D eigenvalue weighted by molar-refractivity contribution is 6.14. The second kappa shape index (κ2) is 8.19. The lowest BCUT2D eigenvalue weighted by molar-refractivity contribution is 1.30. The topological polar surface area (TPSA) is 3.24 Å². The maximum Gasteiger partial charge on any atom is 0.0546 e. The molecule has 1 heteroatoms. The zero-order valence-corrected chi connectivity index (χ0v) is 18.1. The number of rotatable bonds is 4. The predicted octanol–water partition coefficient (Wildman–Crippen LogP) is 8.73. The molecule has 0 amide bonds. The first-order valence-electron chi connectivity index (χ1n) is 11.1. The lowest BCUT2D eigenvalue weighted by Crippen LogP contribution is -2.10. The van der Waals surface area contributed by atoms with E-state index in [9.17, 15) is 0 Å². The van der Waals surface area contributed by atoms with Gasteiger partial charge in [-0.15, -0.1) is 0 Å². The van der Waals surface area contributed by atoms with Gasteiger partial charge in [0.05, 0.1) is 5.69 Å². The van der Waals surface area contributed by atoms with Gasteiger partial charge in [-0.1, -0.05) is 90.3 Å². The summed E-state index contributed by atoms with van der Waals surface area (Å²) in [6.07, 6.45) is 5.94. The summed E-state index contributed by atoms with van der Waals surface area (Å²) >= 11 is 0. The van der Waals surface area contributed by atoms with Gasteiger partial charge in [0.2, 0.25) is 0 Å². The molecule has 0 fully saturated rings. The number of fused-ring (bicyclic) bond motifs is 3. The molecule has 33 heavy (non-hydrogen) atoms. The molecule has 0 saturated heterocycles. The van der Waals surface area contributed by atoms with Gasteiger partial charge in [-0.3, -0.25) is 0 Å². The summed E-state index contributed by atoms with van der Waals surface area (Å²) < 4.78 is 0. The highest BCUT2D eigenvalue weighted by Crippen LogP contribution is 2.41. The highest BCUT2D eigenvalue weighted by Gasteiger charge is 2.17. The number of para-hydroxylation sites is 1. The fourth-order valence-corrected chi connectivity index (χ4v) is 4.55. The SMILES string of the molecule is C1=C=CC(c2ccc(N(c3ccccc3)c3cc4ccccc4c4ccccc34)cc2)=CC=1. The molecule has 0 saturated carbocycles. The quantitative estimate of drug-likeness (QED) is 0.208. The minimum absolute atomic E-state index is 1.12. The Hall–Kier alpha value is -4.54. The minimum Gasteiger partial charge on any atom is -0.310 e. The van der Waals surface area contributed by atoms with Crippen LogP contribution in [0.1, 0.15) is 5.56 Å². The van der Waals surface area contributed by atoms with Crippen molar-refractivity contribution >= 4 is 44.2 Å². The van der Waals surface area contributed by atoms with Gasteiger partial charge in [0, 0.05) is 16.8 Å². The van der Waals surface area contributed by atoms with E-state index in [0.29, 0.717) is 0 Å². The predicted molar refractivity (Wildman–Crippen MR) is 140 cm³/mol. The first-order chi connectivity index (χ1) is 16.4. The van der Waals surface area contributed by atoms with Crippen molar-refractivity contribution in [2.75, 3.05) is 4.90 Å². The molecule has 0 unspecified atom stereocenters. The van der Waals surface area contributed by atoms with E-state index in [4.69, 9.17) is 0 Å². The van der Waals surface area contributed by atoms with E-state index in [1.807, 2.05) is 12.2 Å². The van der Waals surface area contributed by atoms with Crippen LogP contribution in [-0.2, 0) is 0 Å². The summed E-state index contributed by atoms with van der Waals surface area (Å²) in [5, 5.41) is 5.01. The summed E-state index contributed by atoms with van der Waals surface area (Å²) in [6, 6.07) is 38.9. The summed E-state index contributed by atoms with van der Waals surface area (Å²) in [6.45, 7) is 0. The molecule has 6 rings (SSSR count). The van der Waals surface area contributed by atoms with E-state index < -0.39 is 0 Å².